The molecular weight excluding hydrogens is 238 g/mol. The Bertz CT molecular complexity index is 618. The summed E-state index contributed by atoms with van der Waals surface area (Å²) in [6.45, 7) is 0.699. The van der Waals surface area contributed by atoms with Gasteiger partial charge in [-0.25, -0.2) is 9.97 Å². The van der Waals surface area contributed by atoms with Crippen molar-refractivity contribution in [2.75, 3.05) is 5.32 Å². The van der Waals surface area contributed by atoms with Crippen LogP contribution in [-0.2, 0) is 6.54 Å². The highest BCUT2D eigenvalue weighted by Gasteiger charge is 2.00. The van der Waals surface area contributed by atoms with Crippen LogP contribution in [0.5, 0.6) is 0 Å². The van der Waals surface area contributed by atoms with Crippen LogP contribution < -0.4 is 5.32 Å². The highest BCUT2D eigenvalue weighted by Crippen LogP contribution is 2.15. The lowest BCUT2D eigenvalue weighted by atomic mass is 10.2. The summed E-state index contributed by atoms with van der Waals surface area (Å²) in [5, 5.41) is 3.24. The zero-order valence-corrected chi connectivity index (χ0v) is 10.3. The highest BCUT2D eigenvalue weighted by molar-refractivity contribution is 5.55. The van der Waals surface area contributed by atoms with Crippen molar-refractivity contribution in [3.8, 4) is 11.4 Å². The van der Waals surface area contributed by atoms with Gasteiger partial charge in [0, 0.05) is 17.7 Å². The molecule has 0 bridgehead atoms. The molecule has 0 amide bonds. The normalized spacial score (nSPS) is 10.3. The van der Waals surface area contributed by atoms with E-state index in [1.54, 1.807) is 24.9 Å². The first-order valence-electron chi connectivity index (χ1n) is 6.04. The molecule has 94 valence electrons. The number of anilines is 1. The van der Waals surface area contributed by atoms with Gasteiger partial charge in [0.1, 0.15) is 0 Å². The fourth-order valence-corrected chi connectivity index (χ4v) is 1.75. The molecule has 19 heavy (non-hydrogen) atoms. The minimum absolute atomic E-state index is 0.699. The van der Waals surface area contributed by atoms with E-state index in [1.165, 1.54) is 0 Å². The van der Waals surface area contributed by atoms with Crippen LogP contribution >= 0.6 is 0 Å². The molecule has 0 aliphatic rings. The summed E-state index contributed by atoms with van der Waals surface area (Å²) in [5.74, 6) is 0.731. The van der Waals surface area contributed by atoms with E-state index in [9.17, 15) is 0 Å². The Balaban J connectivity index is 1.69. The summed E-state index contributed by atoms with van der Waals surface area (Å²) >= 11 is 0. The third-order valence-electron chi connectivity index (χ3n) is 2.76. The van der Waals surface area contributed by atoms with E-state index in [0.717, 1.165) is 22.6 Å². The van der Waals surface area contributed by atoms with Crippen LogP contribution in [0, 0.1) is 0 Å². The molecule has 2 aromatic heterocycles. The second-order valence-corrected chi connectivity index (χ2v) is 4.15. The first-order valence-corrected chi connectivity index (χ1v) is 6.04. The number of hydrogen-bond acceptors (Lipinski definition) is 4. The number of aromatic nitrogens is 2. The van der Waals surface area contributed by atoms with Crippen molar-refractivity contribution < 1.29 is 4.42 Å². The van der Waals surface area contributed by atoms with E-state index in [0.29, 0.717) is 6.54 Å². The van der Waals surface area contributed by atoms with Crippen LogP contribution in [0.2, 0.25) is 0 Å². The van der Waals surface area contributed by atoms with E-state index in [4.69, 9.17) is 4.42 Å². The predicted octanol–water partition coefficient (Wildman–Crippen LogP) is 3.35. The molecule has 0 unspecified atom stereocenters. The van der Waals surface area contributed by atoms with Gasteiger partial charge in [-0.15, -0.1) is 0 Å². The average molecular weight is 251 g/mol. The van der Waals surface area contributed by atoms with E-state index < -0.39 is 0 Å². The Labute approximate surface area is 111 Å². The molecule has 0 aliphatic heterocycles. The van der Waals surface area contributed by atoms with Crippen LogP contribution in [0.1, 0.15) is 5.56 Å². The maximum atomic E-state index is 5.01. The number of nitrogens with one attached hydrogen (secondary N) is 1. The van der Waals surface area contributed by atoms with Crippen LogP contribution in [0.4, 0.5) is 5.69 Å². The van der Waals surface area contributed by atoms with Crippen LogP contribution in [0.3, 0.4) is 0 Å². The lowest BCUT2D eigenvalue weighted by molar-refractivity contribution is 0.564. The van der Waals surface area contributed by atoms with Gasteiger partial charge in [-0.3, -0.25) is 0 Å². The van der Waals surface area contributed by atoms with Gasteiger partial charge in [0.25, 0.3) is 0 Å². The standard InChI is InChI=1S/C15H13N3O/c1-2-4-13(5-3-1)15-17-9-14(10-18-15)16-8-12-6-7-19-11-12/h1-7,9-11,16H,8H2. The molecule has 4 nitrogen and oxygen atoms in total. The Morgan fingerprint density at radius 1 is 1.00 bits per heavy atom. The van der Waals surface area contributed by atoms with Gasteiger partial charge in [0.05, 0.1) is 30.6 Å². The number of hydrogen-bond donors (Lipinski definition) is 1. The van der Waals surface area contributed by atoms with Gasteiger partial charge in [-0.2, -0.15) is 0 Å². The number of nitrogens with zero attached hydrogens (tertiary/aromatic N) is 2. The monoisotopic (exact) mass is 251 g/mol. The second kappa shape index (κ2) is 5.35. The van der Waals surface area contributed by atoms with Crippen molar-refractivity contribution in [2.24, 2.45) is 0 Å². The summed E-state index contributed by atoms with van der Waals surface area (Å²) < 4.78 is 5.01. The van der Waals surface area contributed by atoms with Crippen molar-refractivity contribution in [1.29, 1.82) is 0 Å². The summed E-state index contributed by atoms with van der Waals surface area (Å²) in [6.07, 6.45) is 6.95. The van der Waals surface area contributed by atoms with Crippen molar-refractivity contribution in [3.05, 3.63) is 66.9 Å². The molecule has 0 spiro atoms. The Kier molecular flexibility index (Phi) is 3.23. The quantitative estimate of drug-likeness (QED) is 0.772. The lowest BCUT2D eigenvalue weighted by Gasteiger charge is -2.05. The van der Waals surface area contributed by atoms with Crippen molar-refractivity contribution in [1.82, 2.24) is 9.97 Å². The molecule has 1 N–H and O–H groups in total. The Morgan fingerprint density at radius 3 is 2.47 bits per heavy atom. The van der Waals surface area contributed by atoms with Crippen molar-refractivity contribution in [2.45, 2.75) is 6.54 Å². The second-order valence-electron chi connectivity index (χ2n) is 4.15. The van der Waals surface area contributed by atoms with Gasteiger partial charge in [-0.1, -0.05) is 30.3 Å². The minimum Gasteiger partial charge on any atom is -0.472 e. The van der Waals surface area contributed by atoms with Crippen molar-refractivity contribution >= 4 is 5.69 Å². The summed E-state index contributed by atoms with van der Waals surface area (Å²) in [4.78, 5) is 8.70. The summed E-state index contributed by atoms with van der Waals surface area (Å²) in [7, 11) is 0. The van der Waals surface area contributed by atoms with Crippen LogP contribution in [0.15, 0.2) is 65.7 Å². The van der Waals surface area contributed by atoms with Gasteiger partial charge >= 0.3 is 0 Å². The predicted molar refractivity (Wildman–Crippen MR) is 73.5 cm³/mol. The van der Waals surface area contributed by atoms with Crippen LogP contribution in [0.25, 0.3) is 11.4 Å². The minimum atomic E-state index is 0.699. The first kappa shape index (κ1) is 11.5. The fraction of sp³-hybridized carbons (Fsp3) is 0.0667. The summed E-state index contributed by atoms with van der Waals surface area (Å²) in [5.41, 5.74) is 3.00. The van der Waals surface area contributed by atoms with E-state index in [1.807, 2.05) is 36.4 Å². The molecule has 0 atom stereocenters. The number of rotatable bonds is 4. The largest absolute Gasteiger partial charge is 0.472 e. The van der Waals surface area contributed by atoms with Crippen LogP contribution in [-0.4, -0.2) is 9.97 Å². The molecule has 3 aromatic rings. The zero-order valence-electron chi connectivity index (χ0n) is 10.3. The maximum absolute atomic E-state index is 5.01. The Morgan fingerprint density at radius 2 is 1.79 bits per heavy atom. The average Bonchev–Trinajstić information content (AvgIpc) is 3.00. The molecule has 0 saturated carbocycles. The molecule has 2 heterocycles. The third-order valence-corrected chi connectivity index (χ3v) is 2.76. The fourth-order valence-electron chi connectivity index (χ4n) is 1.75. The van der Waals surface area contributed by atoms with E-state index in [2.05, 4.69) is 15.3 Å². The molecule has 0 fully saturated rings. The summed E-state index contributed by atoms with van der Waals surface area (Å²) in [6, 6.07) is 11.8. The SMILES string of the molecule is c1ccc(-c2ncc(NCc3ccoc3)cn2)cc1. The molecule has 3 rings (SSSR count). The van der Waals surface area contributed by atoms with E-state index in [-0.39, 0.29) is 0 Å². The van der Waals surface area contributed by atoms with Gasteiger partial charge < -0.3 is 9.73 Å². The first-order chi connectivity index (χ1) is 9.42. The molecule has 4 heteroatoms. The van der Waals surface area contributed by atoms with Gasteiger partial charge in [0.15, 0.2) is 5.82 Å². The molecule has 0 saturated heterocycles. The highest BCUT2D eigenvalue weighted by atomic mass is 16.3. The number of furan rings is 1. The maximum Gasteiger partial charge on any atom is 0.159 e. The van der Waals surface area contributed by atoms with Crippen molar-refractivity contribution in [3.63, 3.8) is 0 Å². The Hall–Kier alpha value is -2.62. The molecule has 1 aromatic carbocycles. The zero-order chi connectivity index (χ0) is 12.9. The van der Waals surface area contributed by atoms with Gasteiger partial charge in [0.2, 0.25) is 0 Å². The number of benzene rings is 1. The topological polar surface area (TPSA) is 51.0 Å². The molecule has 0 aliphatic carbocycles. The van der Waals surface area contributed by atoms with E-state index >= 15 is 0 Å². The molecule has 0 radical (unpaired) electrons. The smallest absolute Gasteiger partial charge is 0.159 e. The lowest BCUT2D eigenvalue weighted by Crippen LogP contribution is -1.99. The molecular formula is C15H13N3O. The third kappa shape index (κ3) is 2.80. The van der Waals surface area contributed by atoms with Gasteiger partial charge in [-0.05, 0) is 6.07 Å².